The Labute approximate surface area is 127 Å². The zero-order valence-electron chi connectivity index (χ0n) is 13.5. The molecule has 0 bridgehead atoms. The van der Waals surface area contributed by atoms with Gasteiger partial charge in [0.2, 0.25) is 0 Å². The van der Waals surface area contributed by atoms with Crippen molar-refractivity contribution in [2.45, 2.75) is 65.0 Å². The van der Waals surface area contributed by atoms with Gasteiger partial charge in [0, 0.05) is 24.8 Å². The lowest BCUT2D eigenvalue weighted by Crippen LogP contribution is -2.37. The second kappa shape index (κ2) is 7.59. The van der Waals surface area contributed by atoms with Crippen LogP contribution in [0.1, 0.15) is 58.7 Å². The molecule has 2 N–H and O–H groups in total. The third kappa shape index (κ3) is 4.84. The van der Waals surface area contributed by atoms with E-state index in [1.165, 1.54) is 32.1 Å². The van der Waals surface area contributed by atoms with Gasteiger partial charge in [0.25, 0.3) is 0 Å². The summed E-state index contributed by atoms with van der Waals surface area (Å²) in [6.45, 7) is 8.33. The minimum absolute atomic E-state index is 0.152. The second-order valence-electron chi connectivity index (χ2n) is 5.97. The number of anilines is 2. The first-order chi connectivity index (χ1) is 10.1. The smallest absolute Gasteiger partial charge is 0.158 e. The maximum atomic E-state index is 5.44. The zero-order valence-corrected chi connectivity index (χ0v) is 13.5. The Morgan fingerprint density at radius 1 is 1.14 bits per heavy atom. The lowest BCUT2D eigenvalue weighted by molar-refractivity contribution is 0.128. The lowest BCUT2D eigenvalue weighted by Gasteiger charge is -2.35. The molecular weight excluding hydrogens is 264 g/mol. The fourth-order valence-corrected chi connectivity index (χ4v) is 2.86. The van der Waals surface area contributed by atoms with Crippen LogP contribution in [0.25, 0.3) is 0 Å². The van der Waals surface area contributed by atoms with Gasteiger partial charge in [0.15, 0.2) is 5.82 Å². The van der Waals surface area contributed by atoms with E-state index >= 15 is 0 Å². The normalized spacial score (nSPS) is 17.5. The summed E-state index contributed by atoms with van der Waals surface area (Å²) in [6, 6.07) is 2.00. The Balaban J connectivity index is 2.14. The molecule has 0 unspecified atom stereocenters. The first-order valence-electron chi connectivity index (χ1n) is 8.13. The van der Waals surface area contributed by atoms with Gasteiger partial charge < -0.3 is 15.4 Å². The monoisotopic (exact) mass is 292 g/mol. The highest BCUT2D eigenvalue weighted by Gasteiger charge is 2.27. The van der Waals surface area contributed by atoms with Crippen LogP contribution < -0.4 is 10.6 Å². The minimum Gasteiger partial charge on any atom is -0.374 e. The molecule has 1 aromatic rings. The van der Waals surface area contributed by atoms with Crippen LogP contribution in [0.15, 0.2) is 6.07 Å². The van der Waals surface area contributed by atoms with Crippen LogP contribution in [0, 0.1) is 0 Å². The molecule has 0 atom stereocenters. The average Bonchev–Trinajstić information content (AvgIpc) is 2.45. The summed E-state index contributed by atoms with van der Waals surface area (Å²) in [5.41, 5.74) is 0.152. The maximum Gasteiger partial charge on any atom is 0.158 e. The van der Waals surface area contributed by atoms with Crippen molar-refractivity contribution in [3.8, 4) is 0 Å². The van der Waals surface area contributed by atoms with Crippen molar-refractivity contribution in [1.82, 2.24) is 9.97 Å². The standard InChI is InChI=1S/C16H28N4O/c1-4-17-13-11-14(19-15(18-13)12-21-5-2)20-16(3)9-7-6-8-10-16/h11H,4-10,12H2,1-3H3,(H2,17,18,19,20). The Kier molecular flexibility index (Phi) is 5.79. The van der Waals surface area contributed by atoms with Gasteiger partial charge in [-0.05, 0) is 33.6 Å². The Bertz CT molecular complexity index is 444. The summed E-state index contributed by atoms with van der Waals surface area (Å²) >= 11 is 0. The van der Waals surface area contributed by atoms with Crippen molar-refractivity contribution in [3.63, 3.8) is 0 Å². The molecule has 0 amide bonds. The Hall–Kier alpha value is -1.36. The van der Waals surface area contributed by atoms with Gasteiger partial charge in [-0.25, -0.2) is 9.97 Å². The number of aromatic nitrogens is 2. The molecule has 1 aliphatic carbocycles. The fraction of sp³-hybridized carbons (Fsp3) is 0.750. The van der Waals surface area contributed by atoms with E-state index in [2.05, 4.69) is 34.4 Å². The average molecular weight is 292 g/mol. The molecule has 1 fully saturated rings. The molecule has 21 heavy (non-hydrogen) atoms. The highest BCUT2D eigenvalue weighted by molar-refractivity contribution is 5.49. The van der Waals surface area contributed by atoms with Crippen LogP contribution in [0.5, 0.6) is 0 Å². The third-order valence-corrected chi connectivity index (χ3v) is 3.95. The topological polar surface area (TPSA) is 59.1 Å². The fourth-order valence-electron chi connectivity index (χ4n) is 2.86. The maximum absolute atomic E-state index is 5.44. The van der Waals surface area contributed by atoms with E-state index in [4.69, 9.17) is 4.74 Å². The first-order valence-corrected chi connectivity index (χ1v) is 8.13. The lowest BCUT2D eigenvalue weighted by atomic mass is 9.83. The summed E-state index contributed by atoms with van der Waals surface area (Å²) in [4.78, 5) is 9.09. The van der Waals surface area contributed by atoms with Crippen LogP contribution in [0.4, 0.5) is 11.6 Å². The number of rotatable bonds is 7. The predicted molar refractivity (Wildman–Crippen MR) is 86.6 cm³/mol. The molecule has 1 aliphatic rings. The quantitative estimate of drug-likeness (QED) is 0.804. The molecule has 0 saturated heterocycles. The van der Waals surface area contributed by atoms with Crippen LogP contribution in [-0.2, 0) is 11.3 Å². The van der Waals surface area contributed by atoms with Crippen molar-refractivity contribution in [2.24, 2.45) is 0 Å². The predicted octanol–water partition coefficient (Wildman–Crippen LogP) is 3.58. The van der Waals surface area contributed by atoms with Crippen LogP contribution in [0.2, 0.25) is 0 Å². The van der Waals surface area contributed by atoms with Gasteiger partial charge in [0.1, 0.15) is 18.2 Å². The second-order valence-corrected chi connectivity index (χ2v) is 5.97. The third-order valence-electron chi connectivity index (χ3n) is 3.95. The van der Waals surface area contributed by atoms with Gasteiger partial charge in [0.05, 0.1) is 0 Å². The molecule has 1 heterocycles. The SMILES string of the molecule is CCNc1cc(NC2(C)CCCCC2)nc(COCC)n1. The number of nitrogens with zero attached hydrogens (tertiary/aromatic N) is 2. The van der Waals surface area contributed by atoms with Gasteiger partial charge in [-0.3, -0.25) is 0 Å². The summed E-state index contributed by atoms with van der Waals surface area (Å²) in [5.74, 6) is 2.50. The Morgan fingerprint density at radius 3 is 2.52 bits per heavy atom. The van der Waals surface area contributed by atoms with Crippen molar-refractivity contribution in [1.29, 1.82) is 0 Å². The van der Waals surface area contributed by atoms with Gasteiger partial charge >= 0.3 is 0 Å². The highest BCUT2D eigenvalue weighted by atomic mass is 16.5. The molecule has 5 nitrogen and oxygen atoms in total. The van der Waals surface area contributed by atoms with E-state index in [1.54, 1.807) is 0 Å². The molecule has 118 valence electrons. The highest BCUT2D eigenvalue weighted by Crippen LogP contribution is 2.31. The Morgan fingerprint density at radius 2 is 1.86 bits per heavy atom. The van der Waals surface area contributed by atoms with Gasteiger partial charge in [-0.2, -0.15) is 0 Å². The minimum atomic E-state index is 0.152. The van der Waals surface area contributed by atoms with E-state index in [9.17, 15) is 0 Å². The van der Waals surface area contributed by atoms with Gasteiger partial charge in [-0.15, -0.1) is 0 Å². The van der Waals surface area contributed by atoms with E-state index in [-0.39, 0.29) is 5.54 Å². The molecule has 1 aromatic heterocycles. The zero-order chi connectivity index (χ0) is 15.1. The number of hydrogen-bond donors (Lipinski definition) is 2. The number of ether oxygens (including phenoxy) is 1. The van der Waals surface area contributed by atoms with E-state index in [0.29, 0.717) is 13.2 Å². The molecular formula is C16H28N4O. The summed E-state index contributed by atoms with van der Waals surface area (Å²) in [6.07, 6.45) is 6.34. The van der Waals surface area contributed by atoms with Gasteiger partial charge in [-0.1, -0.05) is 19.3 Å². The molecule has 0 radical (unpaired) electrons. The number of hydrogen-bond acceptors (Lipinski definition) is 5. The van der Waals surface area contributed by atoms with E-state index in [1.807, 2.05) is 13.0 Å². The molecule has 0 aromatic carbocycles. The summed E-state index contributed by atoms with van der Waals surface area (Å²) in [5, 5.41) is 6.89. The largest absolute Gasteiger partial charge is 0.374 e. The molecule has 5 heteroatoms. The molecule has 1 saturated carbocycles. The van der Waals surface area contributed by atoms with E-state index < -0.39 is 0 Å². The molecule has 2 rings (SSSR count). The van der Waals surface area contributed by atoms with Crippen molar-refractivity contribution in [2.75, 3.05) is 23.8 Å². The molecule has 0 aliphatic heterocycles. The van der Waals surface area contributed by atoms with Crippen molar-refractivity contribution >= 4 is 11.6 Å². The number of nitrogens with one attached hydrogen (secondary N) is 2. The first kappa shape index (κ1) is 16.0. The van der Waals surface area contributed by atoms with Crippen LogP contribution in [0.3, 0.4) is 0 Å². The van der Waals surface area contributed by atoms with Crippen LogP contribution >= 0.6 is 0 Å². The summed E-state index contributed by atoms with van der Waals surface area (Å²) in [7, 11) is 0. The summed E-state index contributed by atoms with van der Waals surface area (Å²) < 4.78 is 5.44. The van der Waals surface area contributed by atoms with Crippen molar-refractivity contribution in [3.05, 3.63) is 11.9 Å². The van der Waals surface area contributed by atoms with E-state index in [0.717, 1.165) is 24.0 Å². The van der Waals surface area contributed by atoms with Crippen molar-refractivity contribution < 1.29 is 4.74 Å². The van der Waals surface area contributed by atoms with Crippen LogP contribution in [-0.4, -0.2) is 28.7 Å². The molecule has 0 spiro atoms.